The molecule has 0 bridgehead atoms. The Morgan fingerprint density at radius 2 is 1.88 bits per heavy atom. The van der Waals surface area contributed by atoms with E-state index < -0.39 is 0 Å². The Labute approximate surface area is 189 Å². The number of carbonyl (C=O) groups is 1. The lowest BCUT2D eigenvalue weighted by Gasteiger charge is -2.11. The number of hydrogen-bond acceptors (Lipinski definition) is 7. The molecule has 32 heavy (non-hydrogen) atoms. The van der Waals surface area contributed by atoms with E-state index in [1.807, 2.05) is 69.3 Å². The van der Waals surface area contributed by atoms with Crippen molar-refractivity contribution in [3.8, 4) is 22.9 Å². The minimum atomic E-state index is 0.0226. The van der Waals surface area contributed by atoms with Crippen LogP contribution >= 0.6 is 11.8 Å². The van der Waals surface area contributed by atoms with Crippen LogP contribution in [0.3, 0.4) is 0 Å². The minimum absolute atomic E-state index is 0.0226. The van der Waals surface area contributed by atoms with E-state index in [0.717, 1.165) is 34.1 Å². The SMILES string of the molecule is Cc1ccccc1-n1nnnc1SCC(=O)c1cc(C)n(-c2ccc3c(c2)OCO3)c1C. The Morgan fingerprint density at radius 3 is 2.72 bits per heavy atom. The van der Waals surface area contributed by atoms with E-state index in [4.69, 9.17) is 9.47 Å². The lowest BCUT2D eigenvalue weighted by Crippen LogP contribution is -2.07. The van der Waals surface area contributed by atoms with Crippen LogP contribution in [0.5, 0.6) is 11.5 Å². The van der Waals surface area contributed by atoms with Crippen LogP contribution in [0, 0.1) is 20.8 Å². The number of tetrazole rings is 1. The normalized spacial score (nSPS) is 12.3. The van der Waals surface area contributed by atoms with Crippen LogP contribution in [0.25, 0.3) is 11.4 Å². The summed E-state index contributed by atoms with van der Waals surface area (Å²) in [6.07, 6.45) is 0. The molecule has 0 unspecified atom stereocenters. The number of carbonyl (C=O) groups excluding carboxylic acids is 1. The summed E-state index contributed by atoms with van der Waals surface area (Å²) >= 11 is 1.33. The number of hydrogen-bond donors (Lipinski definition) is 0. The van der Waals surface area contributed by atoms with Gasteiger partial charge in [-0.1, -0.05) is 30.0 Å². The van der Waals surface area contributed by atoms with Gasteiger partial charge < -0.3 is 14.0 Å². The van der Waals surface area contributed by atoms with E-state index in [1.165, 1.54) is 11.8 Å². The summed E-state index contributed by atoms with van der Waals surface area (Å²) in [5.41, 5.74) is 5.42. The van der Waals surface area contributed by atoms with E-state index >= 15 is 0 Å². The van der Waals surface area contributed by atoms with Gasteiger partial charge >= 0.3 is 0 Å². The smallest absolute Gasteiger partial charge is 0.231 e. The Balaban J connectivity index is 1.37. The highest BCUT2D eigenvalue weighted by Gasteiger charge is 2.21. The van der Waals surface area contributed by atoms with Crippen molar-refractivity contribution in [1.29, 1.82) is 0 Å². The average Bonchev–Trinajstić information content (AvgIpc) is 3.51. The van der Waals surface area contributed by atoms with Crippen molar-refractivity contribution < 1.29 is 14.3 Å². The quantitative estimate of drug-likeness (QED) is 0.325. The van der Waals surface area contributed by atoms with Crippen molar-refractivity contribution in [2.75, 3.05) is 12.5 Å². The molecule has 2 aromatic carbocycles. The number of ketones is 1. The van der Waals surface area contributed by atoms with Crippen LogP contribution in [-0.4, -0.2) is 43.1 Å². The van der Waals surface area contributed by atoms with Gasteiger partial charge in [0.25, 0.3) is 0 Å². The Hall–Kier alpha value is -3.59. The summed E-state index contributed by atoms with van der Waals surface area (Å²) in [7, 11) is 0. The summed E-state index contributed by atoms with van der Waals surface area (Å²) in [4.78, 5) is 13.1. The van der Waals surface area contributed by atoms with E-state index in [-0.39, 0.29) is 18.3 Å². The van der Waals surface area contributed by atoms with Crippen molar-refractivity contribution in [2.24, 2.45) is 0 Å². The summed E-state index contributed by atoms with van der Waals surface area (Å²) in [6.45, 7) is 6.17. The highest BCUT2D eigenvalue weighted by molar-refractivity contribution is 7.99. The number of ether oxygens (including phenoxy) is 2. The topological polar surface area (TPSA) is 84.1 Å². The molecule has 0 amide bonds. The van der Waals surface area contributed by atoms with Crippen LogP contribution in [-0.2, 0) is 0 Å². The number of Topliss-reactive ketones (excluding diaryl/α,β-unsaturated/α-hetero) is 1. The highest BCUT2D eigenvalue weighted by Crippen LogP contribution is 2.35. The minimum Gasteiger partial charge on any atom is -0.454 e. The molecular formula is C23H21N5O3S. The maximum Gasteiger partial charge on any atom is 0.231 e. The second-order valence-corrected chi connectivity index (χ2v) is 8.47. The third kappa shape index (κ3) is 3.54. The van der Waals surface area contributed by atoms with E-state index in [1.54, 1.807) is 4.68 Å². The first-order valence-electron chi connectivity index (χ1n) is 10.1. The number of para-hydroxylation sites is 1. The van der Waals surface area contributed by atoms with E-state index in [2.05, 4.69) is 20.1 Å². The Kier molecular flexibility index (Phi) is 5.18. The largest absolute Gasteiger partial charge is 0.454 e. The second kappa shape index (κ2) is 8.16. The first-order valence-corrected chi connectivity index (χ1v) is 11.1. The number of nitrogens with zero attached hydrogens (tertiary/aromatic N) is 5. The molecule has 0 radical (unpaired) electrons. The molecule has 3 heterocycles. The van der Waals surface area contributed by atoms with Gasteiger partial charge in [0.05, 0.1) is 11.4 Å². The van der Waals surface area contributed by atoms with Crippen LogP contribution in [0.15, 0.2) is 53.7 Å². The summed E-state index contributed by atoms with van der Waals surface area (Å²) in [5.74, 6) is 1.70. The molecule has 0 spiro atoms. The van der Waals surface area contributed by atoms with Gasteiger partial charge in [0.2, 0.25) is 11.9 Å². The fourth-order valence-electron chi connectivity index (χ4n) is 3.90. The molecule has 9 heteroatoms. The zero-order valence-corrected chi connectivity index (χ0v) is 18.7. The van der Waals surface area contributed by atoms with Crippen LogP contribution in [0.2, 0.25) is 0 Å². The molecule has 0 N–H and O–H groups in total. The number of aryl methyl sites for hydroxylation is 2. The van der Waals surface area contributed by atoms with Gasteiger partial charge in [-0.25, -0.2) is 0 Å². The Morgan fingerprint density at radius 1 is 1.06 bits per heavy atom. The number of benzene rings is 2. The zero-order valence-electron chi connectivity index (χ0n) is 17.9. The maximum absolute atomic E-state index is 13.1. The molecule has 4 aromatic rings. The monoisotopic (exact) mass is 447 g/mol. The van der Waals surface area contributed by atoms with Gasteiger partial charge in [-0.05, 0) is 61.0 Å². The highest BCUT2D eigenvalue weighted by atomic mass is 32.2. The number of thioether (sulfide) groups is 1. The maximum atomic E-state index is 13.1. The molecule has 1 aliphatic rings. The van der Waals surface area contributed by atoms with Crippen molar-refractivity contribution in [2.45, 2.75) is 25.9 Å². The van der Waals surface area contributed by atoms with E-state index in [9.17, 15) is 4.79 Å². The average molecular weight is 448 g/mol. The summed E-state index contributed by atoms with van der Waals surface area (Å²) in [5, 5.41) is 12.6. The molecule has 8 nitrogen and oxygen atoms in total. The molecule has 5 rings (SSSR count). The lowest BCUT2D eigenvalue weighted by atomic mass is 10.2. The summed E-state index contributed by atoms with van der Waals surface area (Å²) < 4.78 is 14.6. The van der Waals surface area contributed by atoms with Crippen LogP contribution in [0.1, 0.15) is 27.3 Å². The fourth-order valence-corrected chi connectivity index (χ4v) is 4.66. The van der Waals surface area contributed by atoms with Gasteiger partial charge in [0, 0.05) is 28.7 Å². The molecule has 1 aliphatic heterocycles. The third-order valence-corrected chi connectivity index (χ3v) is 6.38. The fraction of sp³-hybridized carbons (Fsp3) is 0.217. The van der Waals surface area contributed by atoms with Crippen LogP contribution in [0.4, 0.5) is 0 Å². The molecule has 0 saturated carbocycles. The number of aromatic nitrogens is 5. The predicted molar refractivity (Wildman–Crippen MR) is 120 cm³/mol. The lowest BCUT2D eigenvalue weighted by molar-refractivity contribution is 0.102. The standard InChI is InChI=1S/C23H21N5O3S/c1-14-6-4-5-7-19(14)28-23(24-25-26-28)32-12-20(29)18-10-15(2)27(16(18)3)17-8-9-21-22(11-17)31-13-30-21/h4-11H,12-13H2,1-3H3. The third-order valence-electron chi connectivity index (χ3n) is 5.46. The van der Waals surface area contributed by atoms with E-state index in [0.29, 0.717) is 16.5 Å². The van der Waals surface area contributed by atoms with Gasteiger partial charge in [0.15, 0.2) is 17.3 Å². The van der Waals surface area contributed by atoms with Crippen LogP contribution < -0.4 is 9.47 Å². The van der Waals surface area contributed by atoms with Gasteiger partial charge in [-0.3, -0.25) is 4.79 Å². The predicted octanol–water partition coefficient (Wildman–Crippen LogP) is 4.08. The van der Waals surface area contributed by atoms with Gasteiger partial charge in [0.1, 0.15) is 0 Å². The summed E-state index contributed by atoms with van der Waals surface area (Å²) in [6, 6.07) is 15.6. The van der Waals surface area contributed by atoms with Crippen molar-refractivity contribution in [3.05, 3.63) is 71.0 Å². The first-order chi connectivity index (χ1) is 15.5. The molecule has 0 fully saturated rings. The van der Waals surface area contributed by atoms with Crippen molar-refractivity contribution in [3.63, 3.8) is 0 Å². The molecule has 2 aromatic heterocycles. The molecular weight excluding hydrogens is 426 g/mol. The van der Waals surface area contributed by atoms with Crippen molar-refractivity contribution in [1.82, 2.24) is 24.8 Å². The number of fused-ring (bicyclic) bond motifs is 1. The van der Waals surface area contributed by atoms with Crippen molar-refractivity contribution >= 4 is 17.5 Å². The van der Waals surface area contributed by atoms with Gasteiger partial charge in [-0.2, -0.15) is 4.68 Å². The first kappa shape index (κ1) is 20.3. The molecule has 162 valence electrons. The second-order valence-electron chi connectivity index (χ2n) is 7.53. The molecule has 0 saturated heterocycles. The van der Waals surface area contributed by atoms with Gasteiger partial charge in [-0.15, -0.1) is 5.10 Å². The molecule has 0 aliphatic carbocycles. The molecule has 0 atom stereocenters. The number of rotatable bonds is 6. The zero-order chi connectivity index (χ0) is 22.2. The Bertz CT molecular complexity index is 1330.